The highest BCUT2D eigenvalue weighted by atomic mass is 16.2. The van der Waals surface area contributed by atoms with Crippen LogP contribution in [0.3, 0.4) is 0 Å². The van der Waals surface area contributed by atoms with E-state index in [1.165, 1.54) is 51.4 Å². The van der Waals surface area contributed by atoms with Gasteiger partial charge < -0.3 is 0 Å². The lowest BCUT2D eigenvalue weighted by Crippen LogP contribution is -2.58. The van der Waals surface area contributed by atoms with E-state index in [-0.39, 0.29) is 11.3 Å². The summed E-state index contributed by atoms with van der Waals surface area (Å²) >= 11 is 0. The first-order valence-corrected chi connectivity index (χ1v) is 9.01. The van der Waals surface area contributed by atoms with Gasteiger partial charge in [0.2, 0.25) is 5.91 Å². The zero-order valence-corrected chi connectivity index (χ0v) is 14.5. The molecule has 1 saturated heterocycles. The molecule has 3 nitrogen and oxygen atoms in total. The molecule has 0 aromatic carbocycles. The monoisotopic (exact) mass is 294 g/mol. The van der Waals surface area contributed by atoms with E-state index < -0.39 is 0 Å². The Morgan fingerprint density at radius 3 is 2.57 bits per heavy atom. The number of fused-ring (bicyclic) bond motifs is 1. The Morgan fingerprint density at radius 1 is 1.19 bits per heavy atom. The van der Waals surface area contributed by atoms with Crippen LogP contribution < -0.4 is 5.43 Å². The lowest BCUT2D eigenvalue weighted by Gasteiger charge is -2.48. The molecule has 0 aromatic heterocycles. The maximum Gasteiger partial charge on any atom is 0.239 e. The minimum atomic E-state index is -0.307. The van der Waals surface area contributed by atoms with E-state index in [1.54, 1.807) is 0 Å². The van der Waals surface area contributed by atoms with Gasteiger partial charge in [0.15, 0.2) is 0 Å². The second kappa shape index (κ2) is 7.13. The molecule has 1 N–H and O–H groups in total. The van der Waals surface area contributed by atoms with Crippen molar-refractivity contribution < 1.29 is 4.79 Å². The summed E-state index contributed by atoms with van der Waals surface area (Å²) in [6.45, 7) is 9.29. The summed E-state index contributed by atoms with van der Waals surface area (Å²) < 4.78 is 0. The van der Waals surface area contributed by atoms with Crippen LogP contribution in [0.25, 0.3) is 0 Å². The van der Waals surface area contributed by atoms with Gasteiger partial charge in [0.25, 0.3) is 0 Å². The van der Waals surface area contributed by atoms with Gasteiger partial charge in [-0.15, -0.1) is 0 Å². The number of carbonyl (C=O) groups is 1. The minimum absolute atomic E-state index is 0.165. The van der Waals surface area contributed by atoms with Crippen molar-refractivity contribution in [2.45, 2.75) is 85.1 Å². The maximum atomic E-state index is 12.4. The summed E-state index contributed by atoms with van der Waals surface area (Å²) in [7, 11) is 0. The average Bonchev–Trinajstić information content (AvgIpc) is 2.45. The largest absolute Gasteiger partial charge is 0.288 e. The van der Waals surface area contributed by atoms with Crippen LogP contribution >= 0.6 is 0 Å². The normalized spacial score (nSPS) is 30.8. The highest BCUT2D eigenvalue weighted by Gasteiger charge is 2.40. The summed E-state index contributed by atoms with van der Waals surface area (Å²) in [5, 5.41) is 2.30. The molecule has 3 atom stereocenters. The third-order valence-electron chi connectivity index (χ3n) is 5.38. The Hall–Kier alpha value is -0.570. The topological polar surface area (TPSA) is 32.3 Å². The number of hydrogen-bond donors (Lipinski definition) is 1. The number of hydrazine groups is 1. The maximum absolute atomic E-state index is 12.4. The Labute approximate surface area is 130 Å². The number of nitrogens with one attached hydrogen (secondary N) is 1. The molecule has 122 valence electrons. The number of nitrogens with zero attached hydrogens (tertiary/aromatic N) is 1. The van der Waals surface area contributed by atoms with Gasteiger partial charge in [0.1, 0.15) is 0 Å². The number of hydrogen-bond acceptors (Lipinski definition) is 2. The van der Waals surface area contributed by atoms with Gasteiger partial charge >= 0.3 is 0 Å². The molecule has 2 aliphatic rings. The number of piperidine rings is 1. The molecule has 0 bridgehead atoms. The zero-order valence-electron chi connectivity index (χ0n) is 14.5. The predicted octanol–water partition coefficient (Wildman–Crippen LogP) is 4.13. The first-order valence-electron chi connectivity index (χ1n) is 9.01. The van der Waals surface area contributed by atoms with Crippen molar-refractivity contribution in [2.75, 3.05) is 6.54 Å². The van der Waals surface area contributed by atoms with Gasteiger partial charge in [-0.2, -0.15) is 0 Å². The molecular formula is C18H34N2O. The summed E-state index contributed by atoms with van der Waals surface area (Å²) in [5.41, 5.74) is 2.94. The van der Waals surface area contributed by atoms with Crippen molar-refractivity contribution in [3.8, 4) is 0 Å². The van der Waals surface area contributed by atoms with Crippen molar-refractivity contribution in [3.05, 3.63) is 0 Å². The molecule has 1 amide bonds. The Bertz CT molecular complexity index is 348. The lowest BCUT2D eigenvalue weighted by atomic mass is 9.70. The number of unbranched alkanes of at least 4 members (excludes halogenated alkanes) is 1. The Morgan fingerprint density at radius 2 is 1.90 bits per heavy atom. The van der Waals surface area contributed by atoms with Gasteiger partial charge in [-0.3, -0.25) is 10.2 Å². The third-order valence-corrected chi connectivity index (χ3v) is 5.38. The average molecular weight is 294 g/mol. The highest BCUT2D eigenvalue weighted by molar-refractivity contribution is 5.80. The lowest BCUT2D eigenvalue weighted by molar-refractivity contribution is -0.138. The second-order valence-electron chi connectivity index (χ2n) is 8.09. The fourth-order valence-corrected chi connectivity index (χ4v) is 4.02. The molecule has 0 aromatic rings. The van der Waals surface area contributed by atoms with Crippen molar-refractivity contribution in [1.82, 2.24) is 10.4 Å². The van der Waals surface area contributed by atoms with Gasteiger partial charge in [0.05, 0.1) is 0 Å². The molecule has 1 heterocycles. The fraction of sp³-hybridized carbons (Fsp3) is 0.944. The molecular weight excluding hydrogens is 260 g/mol. The van der Waals surface area contributed by atoms with Gasteiger partial charge in [-0.1, -0.05) is 59.8 Å². The predicted molar refractivity (Wildman–Crippen MR) is 87.7 cm³/mol. The van der Waals surface area contributed by atoms with Crippen LogP contribution in [0.2, 0.25) is 0 Å². The summed E-state index contributed by atoms with van der Waals surface area (Å²) in [6, 6.07) is 0.565. The molecule has 2 fully saturated rings. The SMILES string of the molecule is CCCCC1C2CCCCC2CCN1NC(=O)C(C)(C)C. The summed E-state index contributed by atoms with van der Waals surface area (Å²) in [5.74, 6) is 1.88. The number of carbonyl (C=O) groups excluding carboxylic acids is 1. The van der Waals surface area contributed by atoms with E-state index in [0.717, 1.165) is 18.4 Å². The van der Waals surface area contributed by atoms with Crippen LogP contribution in [-0.2, 0) is 4.79 Å². The smallest absolute Gasteiger partial charge is 0.239 e. The van der Waals surface area contributed by atoms with Gasteiger partial charge in [0, 0.05) is 18.0 Å². The zero-order chi connectivity index (χ0) is 15.5. The van der Waals surface area contributed by atoms with Crippen LogP contribution in [0.15, 0.2) is 0 Å². The molecule has 1 aliphatic carbocycles. The Balaban J connectivity index is 2.05. The molecule has 21 heavy (non-hydrogen) atoms. The molecule has 1 aliphatic heterocycles. The molecule has 2 rings (SSSR count). The van der Waals surface area contributed by atoms with Crippen LogP contribution in [0.5, 0.6) is 0 Å². The van der Waals surface area contributed by atoms with Gasteiger partial charge in [-0.05, 0) is 31.1 Å². The second-order valence-corrected chi connectivity index (χ2v) is 8.09. The Kier molecular flexibility index (Phi) is 5.70. The molecule has 0 spiro atoms. The van der Waals surface area contributed by atoms with Gasteiger partial charge in [-0.25, -0.2) is 5.01 Å². The molecule has 1 saturated carbocycles. The number of rotatable bonds is 4. The standard InChI is InChI=1S/C18H34N2O/c1-5-6-11-16-15-10-8-7-9-14(15)12-13-20(16)19-17(21)18(2,3)4/h14-16H,5-13H2,1-4H3,(H,19,21). The van der Waals surface area contributed by atoms with Crippen molar-refractivity contribution in [2.24, 2.45) is 17.3 Å². The van der Waals surface area contributed by atoms with Crippen molar-refractivity contribution >= 4 is 5.91 Å². The summed E-state index contributed by atoms with van der Waals surface area (Å²) in [6.07, 6.45) is 10.6. The quantitative estimate of drug-likeness (QED) is 0.845. The third kappa shape index (κ3) is 4.21. The van der Waals surface area contributed by atoms with Crippen molar-refractivity contribution in [1.29, 1.82) is 0 Å². The van der Waals surface area contributed by atoms with E-state index in [0.29, 0.717) is 6.04 Å². The molecule has 3 heteroatoms. The van der Waals surface area contributed by atoms with Crippen LogP contribution in [0, 0.1) is 17.3 Å². The van der Waals surface area contributed by atoms with E-state index in [4.69, 9.17) is 0 Å². The van der Waals surface area contributed by atoms with Crippen molar-refractivity contribution in [3.63, 3.8) is 0 Å². The van der Waals surface area contributed by atoms with E-state index in [1.807, 2.05) is 20.8 Å². The van der Waals surface area contributed by atoms with Crippen LogP contribution in [-0.4, -0.2) is 23.5 Å². The molecule has 0 radical (unpaired) electrons. The van der Waals surface area contributed by atoms with Crippen LogP contribution in [0.1, 0.15) is 79.1 Å². The first-order chi connectivity index (χ1) is 9.93. The summed E-state index contributed by atoms with van der Waals surface area (Å²) in [4.78, 5) is 12.4. The highest BCUT2D eigenvalue weighted by Crippen LogP contribution is 2.41. The van der Waals surface area contributed by atoms with Crippen LogP contribution in [0.4, 0.5) is 0 Å². The van der Waals surface area contributed by atoms with E-state index in [2.05, 4.69) is 17.4 Å². The molecule has 3 unspecified atom stereocenters. The van der Waals surface area contributed by atoms with E-state index in [9.17, 15) is 4.79 Å². The first kappa shape index (κ1) is 16.8. The van der Waals surface area contributed by atoms with E-state index >= 15 is 0 Å². The minimum Gasteiger partial charge on any atom is -0.288 e. The fourth-order valence-electron chi connectivity index (χ4n) is 4.02. The number of amides is 1.